The number of anilines is 1. The third-order valence-electron chi connectivity index (χ3n) is 7.89. The molecular formula is C32H36N6O4Si. The van der Waals surface area contributed by atoms with Crippen molar-refractivity contribution in [1.29, 1.82) is 0 Å². The maximum atomic E-state index is 6.45. The molecule has 0 atom stereocenters. The van der Waals surface area contributed by atoms with Crippen molar-refractivity contribution in [3.05, 3.63) is 60.7 Å². The van der Waals surface area contributed by atoms with Crippen LogP contribution in [0.25, 0.3) is 33.1 Å². The highest BCUT2D eigenvalue weighted by Crippen LogP contribution is 2.42. The van der Waals surface area contributed by atoms with Gasteiger partial charge in [-0.25, -0.2) is 0 Å². The van der Waals surface area contributed by atoms with Gasteiger partial charge in [0.15, 0.2) is 5.65 Å². The Kier molecular flexibility index (Phi) is 6.93. The molecule has 1 spiro atoms. The average Bonchev–Trinajstić information content (AvgIpc) is 3.66. The van der Waals surface area contributed by atoms with Crippen molar-refractivity contribution in [3.63, 3.8) is 0 Å². The van der Waals surface area contributed by atoms with E-state index >= 15 is 0 Å². The Labute approximate surface area is 251 Å². The summed E-state index contributed by atoms with van der Waals surface area (Å²) in [6.07, 6.45) is 9.22. The van der Waals surface area contributed by atoms with E-state index in [-0.39, 0.29) is 12.2 Å². The summed E-state index contributed by atoms with van der Waals surface area (Å²) in [7, 11) is 0.580. The second-order valence-corrected chi connectivity index (χ2v) is 18.3. The first kappa shape index (κ1) is 27.6. The number of pyridine rings is 2. The first-order valence-electron chi connectivity index (χ1n) is 14.7. The van der Waals surface area contributed by atoms with Crippen LogP contribution in [0.2, 0.25) is 25.7 Å². The van der Waals surface area contributed by atoms with Crippen molar-refractivity contribution >= 4 is 36.0 Å². The molecule has 5 aromatic rings. The SMILES string of the molecule is CNc1nc2c3c(cn(COCC[Si](C)(C)C)c3n1)-c1ccc3ncc(cc3c1)OCC1(CC1)Oc1cncc(c1)CO2. The molecule has 1 aliphatic heterocycles. The van der Waals surface area contributed by atoms with Crippen LogP contribution in [0.4, 0.5) is 5.95 Å². The predicted octanol–water partition coefficient (Wildman–Crippen LogP) is 6.28. The van der Waals surface area contributed by atoms with Crippen LogP contribution in [0.15, 0.2) is 55.1 Å². The first-order valence-corrected chi connectivity index (χ1v) is 18.4. The summed E-state index contributed by atoms with van der Waals surface area (Å²) in [6, 6.07) is 11.3. The standard InChI is InChI=1S/C32H36N6O4Si/c1-33-31-36-29-28-26(17-38(29)20-39-9-10-43(2,3)4)22-5-6-27-23(12-22)13-24(16-35-27)41-19-32(7-8-32)42-25-11-21(14-34-15-25)18-40-30(28)37-31/h5-6,11-17H,7-10,18-20H2,1-4H3,(H,33,36,37). The van der Waals surface area contributed by atoms with Crippen molar-refractivity contribution in [3.8, 4) is 28.5 Å². The number of nitrogens with zero attached hydrogens (tertiary/aromatic N) is 5. The summed E-state index contributed by atoms with van der Waals surface area (Å²) in [6.45, 7) is 8.84. The molecule has 1 aromatic carbocycles. The molecular weight excluding hydrogens is 560 g/mol. The van der Waals surface area contributed by atoms with E-state index in [1.807, 2.05) is 22.8 Å². The highest BCUT2D eigenvalue weighted by Gasteiger charge is 2.47. The molecule has 5 heterocycles. The van der Waals surface area contributed by atoms with Crippen LogP contribution in [0.3, 0.4) is 0 Å². The lowest BCUT2D eigenvalue weighted by Crippen LogP contribution is -2.27. The molecule has 0 unspecified atom stereocenters. The average molecular weight is 597 g/mol. The van der Waals surface area contributed by atoms with Gasteiger partial charge < -0.3 is 28.8 Å². The number of ether oxygens (including phenoxy) is 4. The molecule has 0 amide bonds. The van der Waals surface area contributed by atoms with Gasteiger partial charge in [-0.3, -0.25) is 9.97 Å². The number of rotatable bonds is 6. The normalized spacial score (nSPS) is 15.7. The van der Waals surface area contributed by atoms with E-state index in [1.54, 1.807) is 25.6 Å². The van der Waals surface area contributed by atoms with Gasteiger partial charge in [-0.15, -0.1) is 0 Å². The van der Waals surface area contributed by atoms with E-state index in [9.17, 15) is 0 Å². The maximum Gasteiger partial charge on any atom is 0.228 e. The van der Waals surface area contributed by atoms with Crippen molar-refractivity contribution < 1.29 is 18.9 Å². The summed E-state index contributed by atoms with van der Waals surface area (Å²) < 4.78 is 27.3. The summed E-state index contributed by atoms with van der Waals surface area (Å²) in [5, 5.41) is 4.88. The van der Waals surface area contributed by atoms with E-state index in [4.69, 9.17) is 28.9 Å². The summed E-state index contributed by atoms with van der Waals surface area (Å²) in [5.74, 6) is 2.35. The molecule has 1 fully saturated rings. The Bertz CT molecular complexity index is 1810. The number of benzene rings is 1. The lowest BCUT2D eigenvalue weighted by Gasteiger charge is -2.19. The highest BCUT2D eigenvalue weighted by molar-refractivity contribution is 6.76. The van der Waals surface area contributed by atoms with Gasteiger partial charge in [0, 0.05) is 50.6 Å². The van der Waals surface area contributed by atoms with Gasteiger partial charge in [0.1, 0.15) is 37.0 Å². The summed E-state index contributed by atoms with van der Waals surface area (Å²) >= 11 is 0. The number of hydrogen-bond acceptors (Lipinski definition) is 9. The van der Waals surface area contributed by atoms with Crippen LogP contribution >= 0.6 is 0 Å². The second-order valence-electron chi connectivity index (χ2n) is 12.6. The Balaban J connectivity index is 1.36. The van der Waals surface area contributed by atoms with Gasteiger partial charge in [0.2, 0.25) is 11.8 Å². The molecule has 2 aliphatic rings. The zero-order valence-corrected chi connectivity index (χ0v) is 26.0. The number of aromatic nitrogens is 5. The van der Waals surface area contributed by atoms with Gasteiger partial charge in [0.25, 0.3) is 0 Å². The predicted molar refractivity (Wildman–Crippen MR) is 169 cm³/mol. The topological polar surface area (TPSA) is 105 Å². The Morgan fingerprint density at radius 1 is 1.02 bits per heavy atom. The highest BCUT2D eigenvalue weighted by atomic mass is 28.3. The molecule has 7 rings (SSSR count). The molecule has 1 saturated carbocycles. The number of nitrogens with one attached hydrogen (secondary N) is 1. The van der Waals surface area contributed by atoms with Crippen LogP contribution in [0, 0.1) is 0 Å². The molecule has 1 aliphatic carbocycles. The van der Waals surface area contributed by atoms with Gasteiger partial charge in [0.05, 0.1) is 23.3 Å². The zero-order valence-electron chi connectivity index (χ0n) is 25.0. The molecule has 5 bridgehead atoms. The molecule has 0 saturated heterocycles. The minimum absolute atomic E-state index is 0.268. The fourth-order valence-corrected chi connectivity index (χ4v) is 5.97. The van der Waals surface area contributed by atoms with E-state index in [2.05, 4.69) is 53.3 Å². The molecule has 11 heteroatoms. The van der Waals surface area contributed by atoms with Gasteiger partial charge in [-0.1, -0.05) is 25.7 Å². The minimum atomic E-state index is -1.22. The Hall–Kier alpha value is -4.22. The fourth-order valence-electron chi connectivity index (χ4n) is 5.22. The molecule has 1 N–H and O–H groups in total. The van der Waals surface area contributed by atoms with Crippen LogP contribution in [0.1, 0.15) is 18.4 Å². The summed E-state index contributed by atoms with van der Waals surface area (Å²) in [5.41, 5.74) is 4.08. The smallest absolute Gasteiger partial charge is 0.228 e. The van der Waals surface area contributed by atoms with Crippen LogP contribution in [0.5, 0.6) is 17.4 Å². The molecule has 4 aromatic heterocycles. The largest absolute Gasteiger partial charge is 0.488 e. The zero-order chi connectivity index (χ0) is 29.6. The van der Waals surface area contributed by atoms with Crippen molar-refractivity contribution in [2.75, 3.05) is 25.6 Å². The van der Waals surface area contributed by atoms with E-state index in [0.717, 1.165) is 57.5 Å². The summed E-state index contributed by atoms with van der Waals surface area (Å²) in [4.78, 5) is 18.7. The Morgan fingerprint density at radius 2 is 1.91 bits per heavy atom. The van der Waals surface area contributed by atoms with E-state index in [1.165, 1.54) is 0 Å². The van der Waals surface area contributed by atoms with Crippen LogP contribution in [-0.2, 0) is 18.1 Å². The maximum absolute atomic E-state index is 6.45. The number of fused-ring (bicyclic) bond motifs is 5. The third kappa shape index (κ3) is 5.87. The van der Waals surface area contributed by atoms with Crippen LogP contribution < -0.4 is 19.5 Å². The molecule has 222 valence electrons. The van der Waals surface area contributed by atoms with E-state index in [0.29, 0.717) is 43.3 Å². The van der Waals surface area contributed by atoms with Crippen molar-refractivity contribution in [1.82, 2.24) is 24.5 Å². The molecule has 0 radical (unpaired) electrons. The van der Waals surface area contributed by atoms with Crippen molar-refractivity contribution in [2.45, 2.75) is 57.5 Å². The second kappa shape index (κ2) is 10.8. The molecule has 43 heavy (non-hydrogen) atoms. The van der Waals surface area contributed by atoms with Gasteiger partial charge in [-0.2, -0.15) is 9.97 Å². The monoisotopic (exact) mass is 596 g/mol. The van der Waals surface area contributed by atoms with E-state index < -0.39 is 8.07 Å². The van der Waals surface area contributed by atoms with Crippen molar-refractivity contribution in [2.24, 2.45) is 0 Å². The van der Waals surface area contributed by atoms with Gasteiger partial charge in [-0.05, 0) is 48.7 Å². The fraction of sp³-hybridized carbons (Fsp3) is 0.375. The van der Waals surface area contributed by atoms with Gasteiger partial charge >= 0.3 is 0 Å². The quantitative estimate of drug-likeness (QED) is 0.179. The lowest BCUT2D eigenvalue weighted by atomic mass is 10.0. The number of hydrogen-bond donors (Lipinski definition) is 1. The first-order chi connectivity index (χ1) is 20.8. The molecule has 10 nitrogen and oxygen atoms in total. The third-order valence-corrected chi connectivity index (χ3v) is 9.59. The van der Waals surface area contributed by atoms with Crippen LogP contribution in [-0.4, -0.2) is 58.4 Å². The lowest BCUT2D eigenvalue weighted by molar-refractivity contribution is 0.0899. The Morgan fingerprint density at radius 3 is 2.72 bits per heavy atom. The minimum Gasteiger partial charge on any atom is -0.488 e.